The highest BCUT2D eigenvalue weighted by atomic mass is 16.3. The topological polar surface area (TPSA) is 16.4 Å². The van der Waals surface area contributed by atoms with Crippen molar-refractivity contribution in [3.05, 3.63) is 211 Å². The number of anilines is 3. The molecule has 0 fully saturated rings. The maximum atomic E-state index is 6.89. The number of rotatable bonds is 6. The molecule has 0 spiro atoms. The van der Waals surface area contributed by atoms with Crippen LogP contribution in [0.4, 0.5) is 17.1 Å². The lowest BCUT2D eigenvalue weighted by molar-refractivity contribution is 0.661. The molecule has 0 N–H and O–H groups in total. The van der Waals surface area contributed by atoms with Crippen LogP contribution in [-0.4, -0.2) is 0 Å². The largest absolute Gasteiger partial charge is 0.455 e. The fourth-order valence-corrected chi connectivity index (χ4v) is 9.28. The molecule has 1 aromatic heterocycles. The SMILES string of the molecule is CC1(C)c2ccccc2-c2cccc(N(c3ccc(-c4ccc(-c5ccccc5)cc4)cc3)c3ccc(-c4ccc5ccccc5c4)c4oc5ccccc5c34)c21. The van der Waals surface area contributed by atoms with Gasteiger partial charge >= 0.3 is 0 Å². The maximum absolute atomic E-state index is 6.89. The zero-order valence-electron chi connectivity index (χ0n) is 31.9. The second-order valence-corrected chi connectivity index (χ2v) is 15.7. The third-order valence-corrected chi connectivity index (χ3v) is 12.1. The lowest BCUT2D eigenvalue weighted by Gasteiger charge is -2.32. The van der Waals surface area contributed by atoms with Crippen LogP contribution >= 0.6 is 0 Å². The molecular weight excluding hydrogens is 691 g/mol. The fourth-order valence-electron chi connectivity index (χ4n) is 9.28. The molecule has 270 valence electrons. The van der Waals surface area contributed by atoms with Crippen molar-refractivity contribution in [1.82, 2.24) is 0 Å². The summed E-state index contributed by atoms with van der Waals surface area (Å²) in [4.78, 5) is 2.48. The lowest BCUT2D eigenvalue weighted by Crippen LogP contribution is -2.20. The molecule has 0 unspecified atom stereocenters. The molecule has 1 aliphatic rings. The molecule has 2 heteroatoms. The molecule has 0 saturated heterocycles. The van der Waals surface area contributed by atoms with E-state index in [1.807, 2.05) is 0 Å². The van der Waals surface area contributed by atoms with Crippen LogP contribution in [0.1, 0.15) is 25.0 Å². The molecule has 0 radical (unpaired) electrons. The minimum Gasteiger partial charge on any atom is -0.455 e. The molecule has 1 aliphatic carbocycles. The second-order valence-electron chi connectivity index (χ2n) is 15.7. The van der Waals surface area contributed by atoms with Crippen molar-refractivity contribution < 1.29 is 4.42 Å². The Kier molecular flexibility index (Phi) is 7.55. The van der Waals surface area contributed by atoms with E-state index in [0.717, 1.165) is 44.4 Å². The summed E-state index contributed by atoms with van der Waals surface area (Å²) in [5.41, 5.74) is 17.2. The van der Waals surface area contributed by atoms with Crippen LogP contribution in [0.5, 0.6) is 0 Å². The molecule has 57 heavy (non-hydrogen) atoms. The van der Waals surface area contributed by atoms with Crippen LogP contribution in [0, 0.1) is 0 Å². The van der Waals surface area contributed by atoms with Crippen LogP contribution in [0.15, 0.2) is 205 Å². The summed E-state index contributed by atoms with van der Waals surface area (Å²) in [7, 11) is 0. The summed E-state index contributed by atoms with van der Waals surface area (Å²) < 4.78 is 6.89. The van der Waals surface area contributed by atoms with Crippen molar-refractivity contribution in [2.24, 2.45) is 0 Å². The molecule has 9 aromatic carbocycles. The lowest BCUT2D eigenvalue weighted by atomic mass is 9.81. The monoisotopic (exact) mass is 729 g/mol. The zero-order chi connectivity index (χ0) is 38.1. The molecule has 0 amide bonds. The van der Waals surface area contributed by atoms with E-state index in [2.05, 4.69) is 219 Å². The molecule has 11 rings (SSSR count). The van der Waals surface area contributed by atoms with E-state index < -0.39 is 0 Å². The number of nitrogens with zero attached hydrogens (tertiary/aromatic N) is 1. The average Bonchev–Trinajstić information content (AvgIpc) is 3.77. The van der Waals surface area contributed by atoms with Crippen LogP contribution in [0.2, 0.25) is 0 Å². The molecule has 2 nitrogen and oxygen atoms in total. The van der Waals surface area contributed by atoms with Crippen molar-refractivity contribution in [2.45, 2.75) is 19.3 Å². The number of para-hydroxylation sites is 1. The summed E-state index contributed by atoms with van der Waals surface area (Å²) in [5, 5.41) is 4.63. The summed E-state index contributed by atoms with van der Waals surface area (Å²) in [6, 6.07) is 72.5. The molecular formula is C55H39NO. The first-order valence-corrected chi connectivity index (χ1v) is 19.8. The van der Waals surface area contributed by atoms with E-state index in [-0.39, 0.29) is 5.41 Å². The van der Waals surface area contributed by atoms with Gasteiger partial charge in [0.05, 0.1) is 16.8 Å². The van der Waals surface area contributed by atoms with Crippen molar-refractivity contribution in [1.29, 1.82) is 0 Å². The van der Waals surface area contributed by atoms with Crippen molar-refractivity contribution >= 4 is 49.8 Å². The van der Waals surface area contributed by atoms with Crippen LogP contribution in [-0.2, 0) is 5.41 Å². The zero-order valence-corrected chi connectivity index (χ0v) is 31.9. The van der Waals surface area contributed by atoms with Crippen molar-refractivity contribution in [3.63, 3.8) is 0 Å². The highest BCUT2D eigenvalue weighted by Crippen LogP contribution is 2.55. The summed E-state index contributed by atoms with van der Waals surface area (Å²) in [5.74, 6) is 0. The van der Waals surface area contributed by atoms with Crippen molar-refractivity contribution in [2.75, 3.05) is 4.90 Å². The van der Waals surface area contributed by atoms with E-state index in [4.69, 9.17) is 4.42 Å². The van der Waals surface area contributed by atoms with E-state index >= 15 is 0 Å². The Hall–Kier alpha value is -7.16. The van der Waals surface area contributed by atoms with Crippen LogP contribution < -0.4 is 4.90 Å². The Balaban J connectivity index is 1.12. The Labute approximate surface area is 332 Å². The predicted molar refractivity (Wildman–Crippen MR) is 240 cm³/mol. The molecule has 0 atom stereocenters. The number of fused-ring (bicyclic) bond motifs is 7. The first-order valence-electron chi connectivity index (χ1n) is 19.8. The maximum Gasteiger partial charge on any atom is 0.145 e. The predicted octanol–water partition coefficient (Wildman–Crippen LogP) is 15.5. The van der Waals surface area contributed by atoms with Crippen molar-refractivity contribution in [3.8, 4) is 44.5 Å². The molecule has 0 bridgehead atoms. The third kappa shape index (κ3) is 5.33. The van der Waals surface area contributed by atoms with Crippen LogP contribution in [0.3, 0.4) is 0 Å². The Bertz CT molecular complexity index is 3130. The van der Waals surface area contributed by atoms with Gasteiger partial charge in [-0.1, -0.05) is 172 Å². The summed E-state index contributed by atoms with van der Waals surface area (Å²) >= 11 is 0. The first kappa shape index (κ1) is 33.2. The first-order chi connectivity index (χ1) is 28.0. The quantitative estimate of drug-likeness (QED) is 0.169. The molecule has 0 aliphatic heterocycles. The highest BCUT2D eigenvalue weighted by molar-refractivity contribution is 6.17. The van der Waals surface area contributed by atoms with Gasteiger partial charge in [0, 0.05) is 22.1 Å². The van der Waals surface area contributed by atoms with Gasteiger partial charge in [0.1, 0.15) is 11.2 Å². The van der Waals surface area contributed by atoms with E-state index in [9.17, 15) is 0 Å². The molecule has 1 heterocycles. The van der Waals surface area contributed by atoms with E-state index in [1.165, 1.54) is 61.0 Å². The molecule has 10 aromatic rings. The average molecular weight is 730 g/mol. The number of hydrogen-bond acceptors (Lipinski definition) is 2. The van der Waals surface area contributed by atoms with Gasteiger partial charge in [-0.25, -0.2) is 0 Å². The van der Waals surface area contributed by atoms with Crippen LogP contribution in [0.25, 0.3) is 77.2 Å². The van der Waals surface area contributed by atoms with E-state index in [0.29, 0.717) is 0 Å². The Morgan fingerprint density at radius 3 is 1.82 bits per heavy atom. The van der Waals surface area contributed by atoms with Gasteiger partial charge in [-0.2, -0.15) is 0 Å². The summed E-state index contributed by atoms with van der Waals surface area (Å²) in [6.07, 6.45) is 0. The minimum atomic E-state index is -0.218. The van der Waals surface area contributed by atoms with Gasteiger partial charge in [0.25, 0.3) is 0 Å². The number of benzene rings is 9. The smallest absolute Gasteiger partial charge is 0.145 e. The Morgan fingerprint density at radius 1 is 0.421 bits per heavy atom. The van der Waals surface area contributed by atoms with E-state index in [1.54, 1.807) is 0 Å². The summed E-state index contributed by atoms with van der Waals surface area (Å²) in [6.45, 7) is 4.74. The fraction of sp³-hybridized carbons (Fsp3) is 0.0545. The van der Waals surface area contributed by atoms with Gasteiger partial charge in [0.2, 0.25) is 0 Å². The highest BCUT2D eigenvalue weighted by Gasteiger charge is 2.39. The standard InChI is InChI=1S/C55H39NO/c1-55(2)48-20-10-8-17-45(48)46-19-12-21-50(53(46)55)56(43-31-29-40(30-32-43)39-25-23-38(24-26-39)36-13-4-3-5-14-36)49-34-33-44(42-28-27-37-15-6-7-16-41(37)35-42)54-52(49)47-18-9-11-22-51(47)57-54/h3-35H,1-2H3. The normalized spacial score (nSPS) is 12.9. The Morgan fingerprint density at radius 2 is 1.04 bits per heavy atom. The second kappa shape index (κ2) is 13.0. The van der Waals surface area contributed by atoms with Gasteiger partial charge in [-0.3, -0.25) is 0 Å². The molecule has 0 saturated carbocycles. The van der Waals surface area contributed by atoms with Gasteiger partial charge < -0.3 is 9.32 Å². The van der Waals surface area contributed by atoms with Gasteiger partial charge in [-0.05, 0) is 103 Å². The van der Waals surface area contributed by atoms with Gasteiger partial charge in [-0.15, -0.1) is 0 Å². The van der Waals surface area contributed by atoms with Gasteiger partial charge in [0.15, 0.2) is 0 Å². The third-order valence-electron chi connectivity index (χ3n) is 12.1. The number of hydrogen-bond donors (Lipinski definition) is 0. The minimum absolute atomic E-state index is 0.218. The number of furan rings is 1.